The average Bonchev–Trinajstić information content (AvgIpc) is 2.60. The molecule has 1 N–H and O–H groups in total. The minimum absolute atomic E-state index is 0.0102. The first-order valence-corrected chi connectivity index (χ1v) is 5.35. The Morgan fingerprint density at radius 1 is 1.19 bits per heavy atom. The van der Waals surface area contributed by atoms with Gasteiger partial charge in [0.2, 0.25) is 0 Å². The zero-order valence-electron chi connectivity index (χ0n) is 9.86. The fraction of sp³-hybridized carbons (Fsp3) is 0.308. The van der Waals surface area contributed by atoms with Crippen LogP contribution in [0.4, 0.5) is 0 Å². The molecule has 0 radical (unpaired) electrons. The van der Waals surface area contributed by atoms with Crippen molar-refractivity contribution in [1.82, 2.24) is 9.55 Å². The highest BCUT2D eigenvalue weighted by Crippen LogP contribution is 2.21. The lowest BCUT2D eigenvalue weighted by atomic mass is 10.1. The van der Waals surface area contributed by atoms with E-state index in [2.05, 4.69) is 31.0 Å². The number of aliphatic hydroxyl groups is 1. The molecule has 3 nitrogen and oxygen atoms in total. The highest BCUT2D eigenvalue weighted by Gasteiger charge is 2.10. The lowest BCUT2D eigenvalue weighted by molar-refractivity contribution is 0.276. The Morgan fingerprint density at radius 2 is 1.81 bits per heavy atom. The summed E-state index contributed by atoms with van der Waals surface area (Å²) < 4.78 is 2.04. The van der Waals surface area contributed by atoms with Crippen molar-refractivity contribution >= 4 is 0 Å². The Labute approximate surface area is 95.4 Å². The van der Waals surface area contributed by atoms with Crippen molar-refractivity contribution in [2.75, 3.05) is 0 Å². The largest absolute Gasteiger partial charge is 0.390 e. The Balaban J connectivity index is 2.63. The van der Waals surface area contributed by atoms with E-state index >= 15 is 0 Å². The van der Waals surface area contributed by atoms with Gasteiger partial charge in [0, 0.05) is 5.69 Å². The van der Waals surface area contributed by atoms with Gasteiger partial charge in [-0.05, 0) is 31.9 Å². The summed E-state index contributed by atoms with van der Waals surface area (Å²) in [6, 6.07) is 6.22. The van der Waals surface area contributed by atoms with E-state index in [0.29, 0.717) is 0 Å². The van der Waals surface area contributed by atoms with E-state index in [1.165, 1.54) is 11.1 Å². The van der Waals surface area contributed by atoms with Gasteiger partial charge in [-0.15, -0.1) is 0 Å². The monoisotopic (exact) mass is 216 g/mol. The van der Waals surface area contributed by atoms with Gasteiger partial charge < -0.3 is 9.67 Å². The first-order chi connectivity index (χ1) is 7.65. The van der Waals surface area contributed by atoms with Crippen molar-refractivity contribution in [3.05, 3.63) is 47.0 Å². The van der Waals surface area contributed by atoms with Crippen LogP contribution in [-0.4, -0.2) is 14.7 Å². The fourth-order valence-electron chi connectivity index (χ4n) is 2.01. The summed E-state index contributed by atoms with van der Waals surface area (Å²) in [5.41, 5.74) is 5.32. The molecule has 0 unspecified atom stereocenters. The van der Waals surface area contributed by atoms with Crippen LogP contribution in [0.5, 0.6) is 0 Å². The van der Waals surface area contributed by atoms with Gasteiger partial charge in [0.05, 0.1) is 24.3 Å². The second-order valence-corrected chi connectivity index (χ2v) is 4.05. The van der Waals surface area contributed by atoms with Gasteiger partial charge in [-0.25, -0.2) is 4.98 Å². The number of aryl methyl sites for hydroxylation is 2. The van der Waals surface area contributed by atoms with Crippen molar-refractivity contribution in [3.63, 3.8) is 0 Å². The van der Waals surface area contributed by atoms with E-state index in [1.807, 2.05) is 17.6 Å². The standard InChI is InChI=1S/C13H16N2O/c1-9-5-4-6-10(2)13(9)15-8-14-12(7-16)11(15)3/h4-6,8,16H,7H2,1-3H3. The summed E-state index contributed by atoms with van der Waals surface area (Å²) in [5.74, 6) is 0. The summed E-state index contributed by atoms with van der Waals surface area (Å²) in [4.78, 5) is 4.21. The highest BCUT2D eigenvalue weighted by atomic mass is 16.3. The van der Waals surface area contributed by atoms with Crippen LogP contribution < -0.4 is 0 Å². The highest BCUT2D eigenvalue weighted by molar-refractivity contribution is 5.48. The number of aliphatic hydroxyl groups excluding tert-OH is 1. The van der Waals surface area contributed by atoms with Gasteiger partial charge in [0.25, 0.3) is 0 Å². The number of hydrogen-bond acceptors (Lipinski definition) is 2. The molecule has 84 valence electrons. The lowest BCUT2D eigenvalue weighted by Crippen LogP contribution is -2.01. The van der Waals surface area contributed by atoms with Crippen LogP contribution in [0, 0.1) is 20.8 Å². The maximum atomic E-state index is 9.14. The minimum atomic E-state index is -0.0102. The van der Waals surface area contributed by atoms with Crippen LogP contribution in [0.25, 0.3) is 5.69 Å². The predicted molar refractivity (Wildman–Crippen MR) is 63.7 cm³/mol. The molecule has 0 aliphatic carbocycles. The van der Waals surface area contributed by atoms with Gasteiger partial charge >= 0.3 is 0 Å². The summed E-state index contributed by atoms with van der Waals surface area (Å²) in [6.45, 7) is 6.13. The van der Waals surface area contributed by atoms with E-state index in [0.717, 1.165) is 17.1 Å². The maximum absolute atomic E-state index is 9.14. The number of aromatic nitrogens is 2. The predicted octanol–water partition coefficient (Wildman–Crippen LogP) is 2.29. The summed E-state index contributed by atoms with van der Waals surface area (Å²) in [7, 11) is 0. The van der Waals surface area contributed by atoms with E-state index < -0.39 is 0 Å². The van der Waals surface area contributed by atoms with Gasteiger partial charge in [0.1, 0.15) is 0 Å². The molecule has 0 fully saturated rings. The van der Waals surface area contributed by atoms with E-state index in [-0.39, 0.29) is 6.61 Å². The smallest absolute Gasteiger partial charge is 0.0998 e. The van der Waals surface area contributed by atoms with Gasteiger partial charge in [0.15, 0.2) is 0 Å². The van der Waals surface area contributed by atoms with Crippen molar-refractivity contribution in [2.24, 2.45) is 0 Å². The molecule has 0 aliphatic rings. The normalized spacial score (nSPS) is 10.8. The number of benzene rings is 1. The molecule has 0 saturated heterocycles. The molecule has 0 atom stereocenters. The molecule has 3 heteroatoms. The van der Waals surface area contributed by atoms with Crippen molar-refractivity contribution in [3.8, 4) is 5.69 Å². The average molecular weight is 216 g/mol. The molecular formula is C13H16N2O. The molecule has 0 bridgehead atoms. The van der Waals surface area contributed by atoms with Crippen LogP contribution in [0.1, 0.15) is 22.5 Å². The number of rotatable bonds is 2. The zero-order valence-corrected chi connectivity index (χ0v) is 9.86. The van der Waals surface area contributed by atoms with E-state index in [4.69, 9.17) is 5.11 Å². The van der Waals surface area contributed by atoms with Crippen LogP contribution in [-0.2, 0) is 6.61 Å². The number of para-hydroxylation sites is 1. The molecule has 0 amide bonds. The third-order valence-corrected chi connectivity index (χ3v) is 2.94. The van der Waals surface area contributed by atoms with Gasteiger partial charge in [-0.3, -0.25) is 0 Å². The Morgan fingerprint density at radius 3 is 2.31 bits per heavy atom. The number of nitrogens with zero attached hydrogens (tertiary/aromatic N) is 2. The summed E-state index contributed by atoms with van der Waals surface area (Å²) in [5, 5.41) is 9.14. The van der Waals surface area contributed by atoms with Crippen molar-refractivity contribution in [2.45, 2.75) is 27.4 Å². The third-order valence-electron chi connectivity index (χ3n) is 2.94. The third kappa shape index (κ3) is 1.63. The minimum Gasteiger partial charge on any atom is -0.390 e. The van der Waals surface area contributed by atoms with Crippen molar-refractivity contribution < 1.29 is 5.11 Å². The molecular weight excluding hydrogens is 200 g/mol. The molecule has 2 rings (SSSR count). The lowest BCUT2D eigenvalue weighted by Gasteiger charge is -2.12. The molecule has 1 heterocycles. The summed E-state index contributed by atoms with van der Waals surface area (Å²) >= 11 is 0. The van der Waals surface area contributed by atoms with Crippen LogP contribution in [0.15, 0.2) is 24.5 Å². The molecule has 16 heavy (non-hydrogen) atoms. The van der Waals surface area contributed by atoms with E-state index in [9.17, 15) is 0 Å². The van der Waals surface area contributed by atoms with Gasteiger partial charge in [-0.2, -0.15) is 0 Å². The zero-order chi connectivity index (χ0) is 11.7. The Hall–Kier alpha value is -1.61. The quantitative estimate of drug-likeness (QED) is 0.836. The number of imidazole rings is 1. The Kier molecular flexibility index (Phi) is 2.79. The van der Waals surface area contributed by atoms with Crippen LogP contribution in [0.3, 0.4) is 0 Å². The van der Waals surface area contributed by atoms with Gasteiger partial charge in [-0.1, -0.05) is 18.2 Å². The fourth-order valence-corrected chi connectivity index (χ4v) is 2.01. The molecule has 2 aromatic rings. The molecule has 1 aromatic heterocycles. The topological polar surface area (TPSA) is 38.0 Å². The second-order valence-electron chi connectivity index (χ2n) is 4.05. The van der Waals surface area contributed by atoms with Crippen LogP contribution in [0.2, 0.25) is 0 Å². The van der Waals surface area contributed by atoms with E-state index in [1.54, 1.807) is 6.33 Å². The first-order valence-electron chi connectivity index (χ1n) is 5.35. The second kappa shape index (κ2) is 4.10. The summed E-state index contributed by atoms with van der Waals surface area (Å²) in [6.07, 6.45) is 1.77. The molecule has 0 spiro atoms. The molecule has 1 aromatic carbocycles. The Bertz CT molecular complexity index is 494. The molecule has 0 aliphatic heterocycles. The SMILES string of the molecule is Cc1cccc(C)c1-n1cnc(CO)c1C. The number of hydrogen-bond donors (Lipinski definition) is 1. The maximum Gasteiger partial charge on any atom is 0.0998 e. The van der Waals surface area contributed by atoms with Crippen LogP contribution >= 0.6 is 0 Å². The molecule has 0 saturated carbocycles. The van der Waals surface area contributed by atoms with Crippen molar-refractivity contribution in [1.29, 1.82) is 0 Å². The first kappa shape index (κ1) is 10.9.